The van der Waals surface area contributed by atoms with Crippen molar-refractivity contribution in [2.45, 2.75) is 52.1 Å². The molecule has 25 heavy (non-hydrogen) atoms. The van der Waals surface area contributed by atoms with E-state index >= 15 is 0 Å². The fourth-order valence-corrected chi connectivity index (χ4v) is 5.59. The number of carbonyl (C=O) groups excluding carboxylic acids is 2. The molecule has 0 unspecified atom stereocenters. The highest BCUT2D eigenvalue weighted by Gasteiger charge is 2.60. The molecule has 5 heteroatoms. The van der Waals surface area contributed by atoms with Crippen molar-refractivity contribution in [3.8, 4) is 0 Å². The Kier molecular flexibility index (Phi) is 3.66. The molecule has 5 rings (SSSR count). The molecule has 0 amide bonds. The van der Waals surface area contributed by atoms with E-state index in [0.29, 0.717) is 30.4 Å². The first-order valence-corrected chi connectivity index (χ1v) is 9.21. The molecule has 1 N–H and O–H groups in total. The lowest BCUT2D eigenvalue weighted by Crippen LogP contribution is -2.60. The Balaban J connectivity index is 1.93. The van der Waals surface area contributed by atoms with Crippen molar-refractivity contribution >= 4 is 11.9 Å². The molecule has 0 aromatic rings. The number of carbonyl (C=O) groups is 2. The van der Waals surface area contributed by atoms with Crippen molar-refractivity contribution in [3.05, 3.63) is 23.3 Å². The van der Waals surface area contributed by atoms with E-state index in [9.17, 15) is 14.7 Å². The second-order valence-corrected chi connectivity index (χ2v) is 8.73. The Bertz CT molecular complexity index is 688. The summed E-state index contributed by atoms with van der Waals surface area (Å²) in [5, 5.41) is 11.1. The van der Waals surface area contributed by atoms with Gasteiger partial charge in [-0.15, -0.1) is 0 Å². The van der Waals surface area contributed by atoms with Gasteiger partial charge in [-0.1, -0.05) is 20.4 Å². The smallest absolute Gasteiger partial charge is 0.334 e. The van der Waals surface area contributed by atoms with Crippen LogP contribution in [0.4, 0.5) is 0 Å². The van der Waals surface area contributed by atoms with Crippen molar-refractivity contribution < 1.29 is 24.2 Å². The van der Waals surface area contributed by atoms with Crippen LogP contribution in [0.3, 0.4) is 0 Å². The normalized spacial score (nSPS) is 40.3. The maximum absolute atomic E-state index is 12.5. The number of hydrogen-bond donors (Lipinski definition) is 1. The lowest BCUT2D eigenvalue weighted by molar-refractivity contribution is -0.177. The van der Waals surface area contributed by atoms with Crippen molar-refractivity contribution in [1.82, 2.24) is 0 Å². The summed E-state index contributed by atoms with van der Waals surface area (Å²) in [5.41, 5.74) is 1.41. The summed E-state index contributed by atoms with van der Waals surface area (Å²) in [6.45, 7) is 8.65. The standard InChI is InChI=1S/C20H26O5/c1-11-12-4-5-14-13(8-12)18(23)25-10-20(14)15(9-24-17(11)22)19(2,3)7-6-16(20)21/h12,15-16,21H,1,4-10H2,2-3H3/t12-,15-,16+,20+/m1/s1. The number of rotatable bonds is 0. The first-order chi connectivity index (χ1) is 11.8. The Morgan fingerprint density at radius 3 is 2.68 bits per heavy atom. The average Bonchev–Trinajstić information content (AvgIpc) is 2.59. The first kappa shape index (κ1) is 16.8. The van der Waals surface area contributed by atoms with Crippen LogP contribution in [-0.2, 0) is 19.1 Å². The zero-order chi connectivity index (χ0) is 18.0. The Hall–Kier alpha value is -1.62. The Morgan fingerprint density at radius 1 is 1.16 bits per heavy atom. The van der Waals surface area contributed by atoms with Gasteiger partial charge in [0.05, 0.1) is 18.1 Å². The number of aliphatic hydroxyl groups excluding tert-OH is 1. The summed E-state index contributed by atoms with van der Waals surface area (Å²) >= 11 is 0. The quantitative estimate of drug-likeness (QED) is 0.539. The Labute approximate surface area is 148 Å². The number of hydrogen-bond acceptors (Lipinski definition) is 5. The number of cyclic esters (lactones) is 1. The predicted molar refractivity (Wildman–Crippen MR) is 90.4 cm³/mol. The fourth-order valence-electron chi connectivity index (χ4n) is 5.59. The monoisotopic (exact) mass is 346 g/mol. The molecule has 3 aliphatic heterocycles. The van der Waals surface area contributed by atoms with Crippen LogP contribution in [0.25, 0.3) is 0 Å². The summed E-state index contributed by atoms with van der Waals surface area (Å²) in [6, 6.07) is 0. The van der Waals surface area contributed by atoms with Gasteiger partial charge in [0.25, 0.3) is 0 Å². The second-order valence-electron chi connectivity index (χ2n) is 8.73. The molecule has 1 spiro atoms. The molecule has 4 atom stereocenters. The zero-order valence-corrected chi connectivity index (χ0v) is 15.0. The van der Waals surface area contributed by atoms with Crippen LogP contribution in [0.15, 0.2) is 23.3 Å². The maximum atomic E-state index is 12.5. The minimum absolute atomic E-state index is 0.0840. The van der Waals surface area contributed by atoms with Crippen LogP contribution in [0.2, 0.25) is 0 Å². The minimum Gasteiger partial charge on any atom is -0.462 e. The average molecular weight is 346 g/mol. The van der Waals surface area contributed by atoms with Gasteiger partial charge in [0.15, 0.2) is 0 Å². The summed E-state index contributed by atoms with van der Waals surface area (Å²) in [4.78, 5) is 24.9. The van der Waals surface area contributed by atoms with Crippen LogP contribution in [0.5, 0.6) is 0 Å². The lowest BCUT2D eigenvalue weighted by atomic mass is 9.50. The second kappa shape index (κ2) is 5.44. The van der Waals surface area contributed by atoms with E-state index < -0.39 is 11.5 Å². The van der Waals surface area contributed by atoms with Crippen molar-refractivity contribution in [2.24, 2.45) is 22.7 Å². The largest absolute Gasteiger partial charge is 0.462 e. The highest BCUT2D eigenvalue weighted by atomic mass is 16.5. The lowest BCUT2D eigenvalue weighted by Gasteiger charge is -2.58. The third kappa shape index (κ3) is 2.24. The van der Waals surface area contributed by atoms with Crippen LogP contribution < -0.4 is 0 Å². The third-order valence-electron chi connectivity index (χ3n) is 7.17. The number of fused-ring (bicyclic) bond motifs is 4. The molecule has 0 radical (unpaired) electrons. The SMILES string of the molecule is C=C1C(=O)OC[C@@H]2C(C)(C)CC[C@H](O)[C@]23COC(=O)C2=C3CC[C@@H]1C2. The van der Waals surface area contributed by atoms with E-state index in [1.807, 2.05) is 0 Å². The molecular formula is C20H26O5. The van der Waals surface area contributed by atoms with Gasteiger partial charge in [-0.2, -0.15) is 0 Å². The van der Waals surface area contributed by atoms with Gasteiger partial charge >= 0.3 is 11.9 Å². The van der Waals surface area contributed by atoms with Gasteiger partial charge < -0.3 is 14.6 Å². The van der Waals surface area contributed by atoms with E-state index in [1.165, 1.54) is 0 Å². The molecule has 5 aliphatic rings. The van der Waals surface area contributed by atoms with Gasteiger partial charge in [0, 0.05) is 17.1 Å². The van der Waals surface area contributed by atoms with Crippen LogP contribution in [0.1, 0.15) is 46.0 Å². The van der Waals surface area contributed by atoms with Crippen LogP contribution >= 0.6 is 0 Å². The number of esters is 2. The molecule has 1 saturated carbocycles. The van der Waals surface area contributed by atoms with Crippen molar-refractivity contribution in [3.63, 3.8) is 0 Å². The molecule has 2 fully saturated rings. The molecular weight excluding hydrogens is 320 g/mol. The Morgan fingerprint density at radius 2 is 1.92 bits per heavy atom. The third-order valence-corrected chi connectivity index (χ3v) is 7.17. The van der Waals surface area contributed by atoms with E-state index in [-0.39, 0.29) is 42.4 Å². The highest BCUT2D eigenvalue weighted by Crippen LogP contribution is 2.60. The molecule has 2 aliphatic carbocycles. The number of ether oxygens (including phenoxy) is 2. The summed E-state index contributed by atoms with van der Waals surface area (Å²) in [5.74, 6) is -0.831. The van der Waals surface area contributed by atoms with Gasteiger partial charge in [0.1, 0.15) is 6.61 Å². The van der Waals surface area contributed by atoms with E-state index in [4.69, 9.17) is 9.47 Å². The van der Waals surface area contributed by atoms with Crippen molar-refractivity contribution in [1.29, 1.82) is 0 Å². The molecule has 5 nitrogen and oxygen atoms in total. The zero-order valence-electron chi connectivity index (χ0n) is 15.0. The molecule has 3 heterocycles. The van der Waals surface area contributed by atoms with Crippen LogP contribution in [-0.4, -0.2) is 36.4 Å². The molecule has 4 bridgehead atoms. The summed E-state index contributed by atoms with van der Waals surface area (Å²) < 4.78 is 11.2. The predicted octanol–water partition coefficient (Wildman–Crippen LogP) is 2.54. The van der Waals surface area contributed by atoms with Gasteiger partial charge in [0.2, 0.25) is 0 Å². The van der Waals surface area contributed by atoms with Gasteiger partial charge in [-0.05, 0) is 49.0 Å². The highest BCUT2D eigenvalue weighted by molar-refractivity contribution is 5.93. The van der Waals surface area contributed by atoms with E-state index in [0.717, 1.165) is 18.4 Å². The number of aliphatic hydroxyl groups is 1. The summed E-state index contributed by atoms with van der Waals surface area (Å²) in [7, 11) is 0. The molecule has 0 aromatic carbocycles. The first-order valence-electron chi connectivity index (χ1n) is 9.21. The topological polar surface area (TPSA) is 72.8 Å². The molecule has 1 saturated heterocycles. The fraction of sp³-hybridized carbons (Fsp3) is 0.700. The van der Waals surface area contributed by atoms with E-state index in [1.54, 1.807) is 0 Å². The van der Waals surface area contributed by atoms with Gasteiger partial charge in [-0.25, -0.2) is 9.59 Å². The van der Waals surface area contributed by atoms with Crippen molar-refractivity contribution in [2.75, 3.05) is 13.2 Å². The van der Waals surface area contributed by atoms with E-state index in [2.05, 4.69) is 20.4 Å². The molecule has 0 aromatic heterocycles. The minimum atomic E-state index is -0.630. The molecule has 136 valence electrons. The van der Waals surface area contributed by atoms with Gasteiger partial charge in [-0.3, -0.25) is 0 Å². The van der Waals surface area contributed by atoms with Crippen LogP contribution in [0, 0.1) is 22.7 Å². The summed E-state index contributed by atoms with van der Waals surface area (Å²) in [6.07, 6.45) is 2.87. The maximum Gasteiger partial charge on any atom is 0.334 e.